The molecule has 5 nitrogen and oxygen atoms in total. The monoisotopic (exact) mass is 374 g/mol. The van der Waals surface area contributed by atoms with Gasteiger partial charge < -0.3 is 9.80 Å². The summed E-state index contributed by atoms with van der Waals surface area (Å²) >= 11 is 12.1. The standard InChI is InChI=1S/C18H16Cl2N4O/c19-14-6-5-12(11-15(14)20)23-7-9-24(10-8-23)18(25)17-13-3-1-2-4-16(13)21-22-17/h1-6,11H,7-10H2,(H,21,22). The predicted molar refractivity (Wildman–Crippen MR) is 101 cm³/mol. The molecule has 128 valence electrons. The zero-order chi connectivity index (χ0) is 17.4. The summed E-state index contributed by atoms with van der Waals surface area (Å²) in [5.41, 5.74) is 2.38. The van der Waals surface area contributed by atoms with E-state index in [-0.39, 0.29) is 5.91 Å². The number of H-pyrrole nitrogens is 1. The van der Waals surface area contributed by atoms with Crippen LogP contribution in [0.5, 0.6) is 0 Å². The van der Waals surface area contributed by atoms with Crippen molar-refractivity contribution in [3.05, 3.63) is 58.2 Å². The average molecular weight is 375 g/mol. The molecule has 1 amide bonds. The lowest BCUT2D eigenvalue weighted by atomic mass is 10.2. The molecule has 1 N–H and O–H groups in total. The quantitative estimate of drug-likeness (QED) is 0.741. The van der Waals surface area contributed by atoms with Crippen molar-refractivity contribution in [2.75, 3.05) is 31.1 Å². The van der Waals surface area contributed by atoms with Gasteiger partial charge in [-0.1, -0.05) is 41.4 Å². The van der Waals surface area contributed by atoms with E-state index >= 15 is 0 Å². The van der Waals surface area contributed by atoms with E-state index < -0.39 is 0 Å². The maximum absolute atomic E-state index is 12.8. The van der Waals surface area contributed by atoms with Crippen LogP contribution in [0.25, 0.3) is 10.9 Å². The van der Waals surface area contributed by atoms with E-state index in [4.69, 9.17) is 23.2 Å². The van der Waals surface area contributed by atoms with Crippen molar-refractivity contribution in [3.8, 4) is 0 Å². The second kappa shape index (κ2) is 6.58. The number of benzene rings is 2. The molecule has 1 fully saturated rings. The molecule has 0 unspecified atom stereocenters. The van der Waals surface area contributed by atoms with E-state index in [1.165, 1.54) is 0 Å². The maximum Gasteiger partial charge on any atom is 0.275 e. The summed E-state index contributed by atoms with van der Waals surface area (Å²) in [4.78, 5) is 16.9. The number of carbonyl (C=O) groups excluding carboxylic acids is 1. The molecule has 3 aromatic rings. The molecule has 0 bridgehead atoms. The molecule has 1 aliphatic heterocycles. The summed E-state index contributed by atoms with van der Waals surface area (Å²) < 4.78 is 0. The number of piperazine rings is 1. The Bertz CT molecular complexity index is 932. The van der Waals surface area contributed by atoms with Crippen molar-refractivity contribution in [3.63, 3.8) is 0 Å². The van der Waals surface area contributed by atoms with E-state index in [1.807, 2.05) is 41.3 Å². The molecule has 1 aromatic heterocycles. The fraction of sp³-hybridized carbons (Fsp3) is 0.222. The third kappa shape index (κ3) is 3.05. The molecule has 1 saturated heterocycles. The van der Waals surface area contributed by atoms with Gasteiger partial charge in [0.1, 0.15) is 0 Å². The van der Waals surface area contributed by atoms with Crippen LogP contribution in [0.15, 0.2) is 42.5 Å². The summed E-state index contributed by atoms with van der Waals surface area (Å²) in [7, 11) is 0. The minimum atomic E-state index is -0.0359. The fourth-order valence-electron chi connectivity index (χ4n) is 3.13. The van der Waals surface area contributed by atoms with Crippen molar-refractivity contribution < 1.29 is 4.79 Å². The Morgan fingerprint density at radius 1 is 1.00 bits per heavy atom. The number of hydrogen-bond donors (Lipinski definition) is 1. The number of aromatic amines is 1. The first kappa shape index (κ1) is 16.2. The van der Waals surface area contributed by atoms with Crippen molar-refractivity contribution in [1.29, 1.82) is 0 Å². The molecule has 0 spiro atoms. The Kier molecular flexibility index (Phi) is 4.27. The fourth-order valence-corrected chi connectivity index (χ4v) is 3.42. The summed E-state index contributed by atoms with van der Waals surface area (Å²) in [6.45, 7) is 2.76. The van der Waals surface area contributed by atoms with Gasteiger partial charge in [-0.05, 0) is 24.3 Å². The van der Waals surface area contributed by atoms with Crippen LogP contribution in [0.4, 0.5) is 5.69 Å². The van der Waals surface area contributed by atoms with Gasteiger partial charge in [0.25, 0.3) is 5.91 Å². The number of nitrogens with one attached hydrogen (secondary N) is 1. The summed E-state index contributed by atoms with van der Waals surface area (Å²) in [5.74, 6) is -0.0359. The van der Waals surface area contributed by atoms with Gasteiger partial charge in [0.2, 0.25) is 0 Å². The number of halogens is 2. The molecule has 0 saturated carbocycles. The number of amides is 1. The maximum atomic E-state index is 12.8. The van der Waals surface area contributed by atoms with E-state index in [2.05, 4.69) is 15.1 Å². The van der Waals surface area contributed by atoms with E-state index in [0.717, 1.165) is 29.7 Å². The number of rotatable bonds is 2. The second-order valence-electron chi connectivity index (χ2n) is 6.00. The van der Waals surface area contributed by atoms with Crippen LogP contribution in [0.2, 0.25) is 10.0 Å². The zero-order valence-electron chi connectivity index (χ0n) is 13.4. The van der Waals surface area contributed by atoms with Crippen molar-refractivity contribution in [2.45, 2.75) is 0 Å². The molecule has 0 aliphatic carbocycles. The smallest absolute Gasteiger partial charge is 0.275 e. The van der Waals surface area contributed by atoms with Crippen molar-refractivity contribution >= 4 is 45.7 Å². The number of aromatic nitrogens is 2. The van der Waals surface area contributed by atoms with Gasteiger partial charge in [-0.25, -0.2) is 0 Å². The van der Waals surface area contributed by atoms with Gasteiger partial charge in [-0.15, -0.1) is 0 Å². The average Bonchev–Trinajstić information content (AvgIpc) is 3.08. The van der Waals surface area contributed by atoms with E-state index in [1.54, 1.807) is 6.07 Å². The summed E-state index contributed by atoms with van der Waals surface area (Å²) in [5, 5.41) is 9.08. The van der Waals surface area contributed by atoms with E-state index in [9.17, 15) is 4.79 Å². The van der Waals surface area contributed by atoms with Gasteiger partial charge >= 0.3 is 0 Å². The normalized spacial score (nSPS) is 15.0. The molecule has 2 heterocycles. The number of nitrogens with zero attached hydrogens (tertiary/aromatic N) is 3. The first-order valence-electron chi connectivity index (χ1n) is 8.06. The van der Waals surface area contributed by atoms with Gasteiger partial charge in [0.15, 0.2) is 5.69 Å². The second-order valence-corrected chi connectivity index (χ2v) is 6.81. The highest BCUT2D eigenvalue weighted by atomic mass is 35.5. The Morgan fingerprint density at radius 2 is 1.76 bits per heavy atom. The lowest BCUT2D eigenvalue weighted by Gasteiger charge is -2.36. The highest BCUT2D eigenvalue weighted by molar-refractivity contribution is 6.42. The van der Waals surface area contributed by atoms with Crippen LogP contribution in [-0.4, -0.2) is 47.2 Å². The van der Waals surface area contributed by atoms with Crippen LogP contribution < -0.4 is 4.90 Å². The molecule has 1 aliphatic rings. The van der Waals surface area contributed by atoms with Crippen LogP contribution in [0, 0.1) is 0 Å². The molecule has 4 rings (SSSR count). The van der Waals surface area contributed by atoms with Gasteiger partial charge in [0.05, 0.1) is 15.6 Å². The van der Waals surface area contributed by atoms with Gasteiger partial charge in [0, 0.05) is 37.3 Å². The Hall–Kier alpha value is -2.24. The van der Waals surface area contributed by atoms with Crippen LogP contribution in [0.1, 0.15) is 10.5 Å². The minimum Gasteiger partial charge on any atom is -0.368 e. The third-order valence-electron chi connectivity index (χ3n) is 4.51. The van der Waals surface area contributed by atoms with Crippen LogP contribution >= 0.6 is 23.2 Å². The first-order chi connectivity index (χ1) is 12.1. The molecular formula is C18H16Cl2N4O. The largest absolute Gasteiger partial charge is 0.368 e. The van der Waals surface area contributed by atoms with Crippen molar-refractivity contribution in [2.24, 2.45) is 0 Å². The Morgan fingerprint density at radius 3 is 2.52 bits per heavy atom. The SMILES string of the molecule is O=C(c1n[nH]c2ccccc12)N1CCN(c2ccc(Cl)c(Cl)c2)CC1. The molecular weight excluding hydrogens is 359 g/mol. The number of para-hydroxylation sites is 1. The van der Waals surface area contributed by atoms with Gasteiger partial charge in [-0.2, -0.15) is 5.10 Å². The predicted octanol–water partition coefficient (Wildman–Crippen LogP) is 3.83. The Balaban J connectivity index is 1.48. The first-order valence-corrected chi connectivity index (χ1v) is 8.81. The Labute approximate surface area is 155 Å². The van der Waals surface area contributed by atoms with Crippen LogP contribution in [-0.2, 0) is 0 Å². The third-order valence-corrected chi connectivity index (χ3v) is 5.25. The number of hydrogen-bond acceptors (Lipinski definition) is 3. The van der Waals surface area contributed by atoms with E-state index in [0.29, 0.717) is 28.8 Å². The summed E-state index contributed by atoms with van der Waals surface area (Å²) in [6, 6.07) is 13.3. The van der Waals surface area contributed by atoms with Crippen molar-refractivity contribution in [1.82, 2.24) is 15.1 Å². The molecule has 7 heteroatoms. The topological polar surface area (TPSA) is 52.2 Å². The number of anilines is 1. The minimum absolute atomic E-state index is 0.0359. The molecule has 2 aromatic carbocycles. The lowest BCUT2D eigenvalue weighted by Crippen LogP contribution is -2.49. The zero-order valence-corrected chi connectivity index (χ0v) is 14.9. The highest BCUT2D eigenvalue weighted by Crippen LogP contribution is 2.28. The number of carbonyl (C=O) groups is 1. The van der Waals surface area contributed by atoms with Gasteiger partial charge in [-0.3, -0.25) is 9.89 Å². The molecule has 25 heavy (non-hydrogen) atoms. The number of fused-ring (bicyclic) bond motifs is 1. The van der Waals surface area contributed by atoms with Crippen LogP contribution in [0.3, 0.4) is 0 Å². The lowest BCUT2D eigenvalue weighted by molar-refractivity contribution is 0.0742. The summed E-state index contributed by atoms with van der Waals surface area (Å²) in [6.07, 6.45) is 0. The molecule has 0 atom stereocenters. The highest BCUT2D eigenvalue weighted by Gasteiger charge is 2.25. The molecule has 0 radical (unpaired) electrons.